The summed E-state index contributed by atoms with van der Waals surface area (Å²) in [6.07, 6.45) is 4.19. The largest absolute Gasteiger partial charge is 0.313 e. The van der Waals surface area contributed by atoms with Gasteiger partial charge in [0.25, 0.3) is 0 Å². The van der Waals surface area contributed by atoms with Crippen molar-refractivity contribution in [1.82, 2.24) is 4.90 Å². The zero-order chi connectivity index (χ0) is 14.5. The zero-order valence-electron chi connectivity index (χ0n) is 13.2. The molecule has 3 nitrogen and oxygen atoms in total. The molecule has 1 fully saturated rings. The van der Waals surface area contributed by atoms with E-state index in [1.54, 1.807) is 0 Å². The van der Waals surface area contributed by atoms with Gasteiger partial charge in [-0.05, 0) is 43.6 Å². The van der Waals surface area contributed by atoms with Gasteiger partial charge in [-0.2, -0.15) is 5.26 Å². The molecule has 0 amide bonds. The third-order valence-electron chi connectivity index (χ3n) is 4.12. The minimum Gasteiger partial charge on any atom is -0.313 e. The molecule has 1 saturated carbocycles. The fourth-order valence-electron chi connectivity index (χ4n) is 3.28. The molecule has 0 heterocycles. The van der Waals surface area contributed by atoms with E-state index in [2.05, 4.69) is 38.7 Å². The van der Waals surface area contributed by atoms with Crippen LogP contribution in [0.15, 0.2) is 0 Å². The topological polar surface area (TPSA) is 53.0 Å². The molecule has 0 saturated heterocycles. The second-order valence-electron chi connectivity index (χ2n) is 7.08. The highest BCUT2D eigenvalue weighted by Gasteiger charge is 2.39. The fraction of sp³-hybridized carbons (Fsp3) is 0.938. The van der Waals surface area contributed by atoms with Crippen molar-refractivity contribution in [2.45, 2.75) is 58.9 Å². The van der Waals surface area contributed by atoms with Crippen LogP contribution in [0.1, 0.15) is 53.4 Å². The van der Waals surface area contributed by atoms with Gasteiger partial charge in [-0.1, -0.05) is 34.1 Å². The van der Waals surface area contributed by atoms with Crippen molar-refractivity contribution in [1.29, 1.82) is 5.26 Å². The summed E-state index contributed by atoms with van der Waals surface area (Å²) in [7, 11) is 0. The molecule has 0 aromatic heterocycles. The molecule has 3 heteroatoms. The van der Waals surface area contributed by atoms with E-state index >= 15 is 0 Å². The predicted octanol–water partition coefficient (Wildman–Crippen LogP) is 3.01. The number of hydrogen-bond acceptors (Lipinski definition) is 3. The maximum absolute atomic E-state index is 9.26. The maximum atomic E-state index is 9.26. The minimum absolute atomic E-state index is 0.388. The Morgan fingerprint density at radius 2 is 1.84 bits per heavy atom. The van der Waals surface area contributed by atoms with E-state index in [1.165, 1.54) is 0 Å². The first-order valence-corrected chi connectivity index (χ1v) is 7.80. The number of rotatable bonds is 7. The molecule has 1 aliphatic rings. The summed E-state index contributed by atoms with van der Waals surface area (Å²) >= 11 is 0. The highest BCUT2D eigenvalue weighted by Crippen LogP contribution is 2.35. The molecule has 1 rings (SSSR count). The predicted molar refractivity (Wildman–Crippen MR) is 80.6 cm³/mol. The van der Waals surface area contributed by atoms with Gasteiger partial charge < -0.3 is 10.6 Å². The molecule has 2 atom stereocenters. The summed E-state index contributed by atoms with van der Waals surface area (Å²) in [6.45, 7) is 12.5. The van der Waals surface area contributed by atoms with E-state index < -0.39 is 5.54 Å². The third-order valence-corrected chi connectivity index (χ3v) is 4.12. The number of nitrogens with zero attached hydrogens (tertiary/aromatic N) is 2. The molecule has 110 valence electrons. The molecule has 2 unspecified atom stereocenters. The van der Waals surface area contributed by atoms with Crippen molar-refractivity contribution in [2.24, 2.45) is 23.5 Å². The van der Waals surface area contributed by atoms with Crippen LogP contribution in [0, 0.1) is 29.1 Å². The van der Waals surface area contributed by atoms with Crippen molar-refractivity contribution in [3.63, 3.8) is 0 Å². The van der Waals surface area contributed by atoms with Crippen molar-refractivity contribution >= 4 is 0 Å². The Hall–Kier alpha value is -0.590. The average Bonchev–Trinajstić information content (AvgIpc) is 2.67. The second kappa shape index (κ2) is 7.26. The smallest absolute Gasteiger partial charge is 0.107 e. The van der Waals surface area contributed by atoms with Crippen molar-refractivity contribution in [3.05, 3.63) is 0 Å². The Morgan fingerprint density at radius 1 is 1.26 bits per heavy atom. The lowest BCUT2D eigenvalue weighted by atomic mass is 9.87. The van der Waals surface area contributed by atoms with Gasteiger partial charge in [0.2, 0.25) is 0 Å². The van der Waals surface area contributed by atoms with Gasteiger partial charge >= 0.3 is 0 Å². The van der Waals surface area contributed by atoms with Crippen LogP contribution in [-0.2, 0) is 0 Å². The number of nitrogens with two attached hydrogens (primary N) is 1. The van der Waals surface area contributed by atoms with Crippen LogP contribution in [0.5, 0.6) is 0 Å². The van der Waals surface area contributed by atoms with Gasteiger partial charge in [0, 0.05) is 13.1 Å². The maximum Gasteiger partial charge on any atom is 0.107 e. The van der Waals surface area contributed by atoms with E-state index in [0.29, 0.717) is 17.8 Å². The Balaban J connectivity index is 2.49. The normalized spacial score (nSPS) is 27.4. The Bertz CT molecular complexity index is 296. The molecule has 0 aromatic rings. The first-order valence-electron chi connectivity index (χ1n) is 7.80. The van der Waals surface area contributed by atoms with Crippen molar-refractivity contribution < 1.29 is 0 Å². The van der Waals surface area contributed by atoms with Crippen LogP contribution in [0.3, 0.4) is 0 Å². The lowest BCUT2D eigenvalue weighted by molar-refractivity contribution is 0.196. The summed E-state index contributed by atoms with van der Waals surface area (Å²) in [5.74, 6) is 1.78. The summed E-state index contributed by atoms with van der Waals surface area (Å²) in [5.41, 5.74) is 5.66. The van der Waals surface area contributed by atoms with Crippen LogP contribution in [0.4, 0.5) is 0 Å². The molecule has 19 heavy (non-hydrogen) atoms. The standard InChI is InChI=1S/C16H31N3/c1-13(2)10-19(11-14(3)4)9-7-15-6-5-8-16(15,18)12-17/h13-15H,5-11,18H2,1-4H3. The van der Waals surface area contributed by atoms with Crippen LogP contribution < -0.4 is 5.73 Å². The lowest BCUT2D eigenvalue weighted by Crippen LogP contribution is -2.43. The molecule has 0 aromatic carbocycles. The second-order valence-corrected chi connectivity index (χ2v) is 7.08. The van der Waals surface area contributed by atoms with E-state index in [-0.39, 0.29) is 0 Å². The first-order chi connectivity index (χ1) is 8.87. The quantitative estimate of drug-likeness (QED) is 0.770. The Morgan fingerprint density at radius 3 is 2.32 bits per heavy atom. The van der Waals surface area contributed by atoms with Gasteiger partial charge in [-0.3, -0.25) is 0 Å². The summed E-state index contributed by atoms with van der Waals surface area (Å²) in [6, 6.07) is 2.35. The molecule has 0 radical (unpaired) electrons. The number of hydrogen-bond donors (Lipinski definition) is 1. The van der Waals surface area contributed by atoms with Gasteiger partial charge in [0.15, 0.2) is 0 Å². The Labute approximate surface area is 119 Å². The minimum atomic E-state index is -0.554. The van der Waals surface area contributed by atoms with E-state index in [1.807, 2.05) is 0 Å². The van der Waals surface area contributed by atoms with Gasteiger partial charge in [-0.25, -0.2) is 0 Å². The molecule has 1 aliphatic carbocycles. The molecule has 0 spiro atoms. The molecule has 0 bridgehead atoms. The van der Waals surface area contributed by atoms with Gasteiger partial charge in [-0.15, -0.1) is 0 Å². The zero-order valence-corrected chi connectivity index (χ0v) is 13.2. The highest BCUT2D eigenvalue weighted by atomic mass is 15.1. The fourth-order valence-corrected chi connectivity index (χ4v) is 3.28. The molecular formula is C16H31N3. The Kier molecular flexibility index (Phi) is 6.29. The van der Waals surface area contributed by atoms with Crippen LogP contribution in [-0.4, -0.2) is 30.1 Å². The summed E-state index contributed by atoms with van der Waals surface area (Å²) in [4.78, 5) is 2.55. The van der Waals surface area contributed by atoms with Crippen LogP contribution in [0.25, 0.3) is 0 Å². The van der Waals surface area contributed by atoms with E-state index in [0.717, 1.165) is 45.3 Å². The lowest BCUT2D eigenvalue weighted by Gasteiger charge is -2.30. The number of nitriles is 1. The molecule has 0 aliphatic heterocycles. The first kappa shape index (κ1) is 16.5. The average molecular weight is 265 g/mol. The van der Waals surface area contributed by atoms with Crippen LogP contribution in [0.2, 0.25) is 0 Å². The van der Waals surface area contributed by atoms with Gasteiger partial charge in [0.05, 0.1) is 6.07 Å². The highest BCUT2D eigenvalue weighted by molar-refractivity contribution is 5.11. The molecule has 2 N–H and O–H groups in total. The van der Waals surface area contributed by atoms with E-state index in [4.69, 9.17) is 5.73 Å². The van der Waals surface area contributed by atoms with Gasteiger partial charge in [0.1, 0.15) is 5.54 Å². The van der Waals surface area contributed by atoms with Crippen molar-refractivity contribution in [2.75, 3.05) is 19.6 Å². The third kappa shape index (κ3) is 5.12. The van der Waals surface area contributed by atoms with Crippen LogP contribution >= 0.6 is 0 Å². The monoisotopic (exact) mass is 265 g/mol. The van der Waals surface area contributed by atoms with E-state index in [9.17, 15) is 5.26 Å². The summed E-state index contributed by atoms with van der Waals surface area (Å²) in [5, 5.41) is 9.26. The SMILES string of the molecule is CC(C)CN(CCC1CCCC1(N)C#N)CC(C)C. The van der Waals surface area contributed by atoms with Crippen molar-refractivity contribution in [3.8, 4) is 6.07 Å². The summed E-state index contributed by atoms with van der Waals surface area (Å²) < 4.78 is 0. The molecular weight excluding hydrogens is 234 g/mol.